The molecule has 3 N–H and O–H groups in total. The highest BCUT2D eigenvalue weighted by Gasteiger charge is 2.16. The molecule has 114 valence electrons. The molecular weight excluding hydrogens is 280 g/mol. The van der Waals surface area contributed by atoms with Gasteiger partial charge in [-0.1, -0.05) is 48.5 Å². The van der Waals surface area contributed by atoms with E-state index >= 15 is 0 Å². The van der Waals surface area contributed by atoms with Crippen LogP contribution in [0.2, 0.25) is 0 Å². The lowest BCUT2D eigenvalue weighted by atomic mass is 10.1. The first-order chi connectivity index (χ1) is 10.7. The molecule has 1 atom stereocenters. The molecule has 5 nitrogen and oxygen atoms in total. The molecule has 0 aromatic heterocycles. The first kappa shape index (κ1) is 15.7. The van der Waals surface area contributed by atoms with Gasteiger partial charge in [0.05, 0.1) is 0 Å². The molecule has 2 aromatic carbocycles. The zero-order valence-electron chi connectivity index (χ0n) is 12.0. The summed E-state index contributed by atoms with van der Waals surface area (Å²) in [6.45, 7) is 0.544. The molecule has 0 saturated heterocycles. The second-order valence-electron chi connectivity index (χ2n) is 4.73. The number of carbonyl (C=O) groups excluding carboxylic acids is 2. The Kier molecular flexibility index (Phi) is 5.68. The fraction of sp³-hybridized carbons (Fsp3) is 0.176. The summed E-state index contributed by atoms with van der Waals surface area (Å²) in [5, 5.41) is 15.2. The van der Waals surface area contributed by atoms with Gasteiger partial charge in [0, 0.05) is 18.7 Å². The molecule has 22 heavy (non-hydrogen) atoms. The van der Waals surface area contributed by atoms with Gasteiger partial charge in [-0.15, -0.1) is 0 Å². The van der Waals surface area contributed by atoms with Crippen LogP contribution < -0.4 is 10.6 Å². The summed E-state index contributed by atoms with van der Waals surface area (Å²) < 4.78 is 0. The summed E-state index contributed by atoms with van der Waals surface area (Å²) in [4.78, 5) is 23.6. The molecule has 0 spiro atoms. The summed E-state index contributed by atoms with van der Waals surface area (Å²) in [7, 11) is 0. The van der Waals surface area contributed by atoms with Crippen LogP contribution in [0.3, 0.4) is 0 Å². The first-order valence-electron chi connectivity index (χ1n) is 7.02. The summed E-state index contributed by atoms with van der Waals surface area (Å²) >= 11 is 0. The van der Waals surface area contributed by atoms with E-state index in [4.69, 9.17) is 0 Å². The highest BCUT2D eigenvalue weighted by molar-refractivity contribution is 5.94. The second kappa shape index (κ2) is 7.95. The normalized spacial score (nSPS) is 11.5. The van der Waals surface area contributed by atoms with Crippen molar-refractivity contribution in [2.75, 3.05) is 13.1 Å². The maximum atomic E-state index is 11.8. The van der Waals surface area contributed by atoms with Crippen molar-refractivity contribution in [1.29, 1.82) is 0 Å². The molecule has 0 aliphatic heterocycles. The predicted molar refractivity (Wildman–Crippen MR) is 83.2 cm³/mol. The number of aliphatic hydroxyl groups is 1. The molecule has 0 fully saturated rings. The van der Waals surface area contributed by atoms with E-state index in [9.17, 15) is 14.7 Å². The lowest BCUT2D eigenvalue weighted by Gasteiger charge is -2.12. The maximum Gasteiger partial charge on any atom is 0.253 e. The van der Waals surface area contributed by atoms with Crippen molar-refractivity contribution in [3.05, 3.63) is 71.8 Å². The number of nitrogens with one attached hydrogen (secondary N) is 2. The topological polar surface area (TPSA) is 78.4 Å². The van der Waals surface area contributed by atoms with Gasteiger partial charge >= 0.3 is 0 Å². The van der Waals surface area contributed by atoms with Gasteiger partial charge in [0.1, 0.15) is 0 Å². The summed E-state index contributed by atoms with van der Waals surface area (Å²) in [6, 6.07) is 17.5. The Morgan fingerprint density at radius 2 is 1.41 bits per heavy atom. The van der Waals surface area contributed by atoms with Gasteiger partial charge in [0.15, 0.2) is 6.10 Å². The van der Waals surface area contributed by atoms with Crippen molar-refractivity contribution in [2.24, 2.45) is 0 Å². The van der Waals surface area contributed by atoms with E-state index in [0.29, 0.717) is 17.7 Å². The monoisotopic (exact) mass is 298 g/mol. The number of hydrogen-bond acceptors (Lipinski definition) is 3. The molecule has 0 radical (unpaired) electrons. The van der Waals surface area contributed by atoms with Crippen LogP contribution >= 0.6 is 0 Å². The Labute approximate surface area is 129 Å². The third-order valence-corrected chi connectivity index (χ3v) is 3.11. The average molecular weight is 298 g/mol. The first-order valence-corrected chi connectivity index (χ1v) is 7.02. The minimum absolute atomic E-state index is 0.196. The SMILES string of the molecule is O=C(NCCNC(=O)C(O)c1ccccc1)c1ccccc1. The van der Waals surface area contributed by atoms with Gasteiger partial charge in [-0.25, -0.2) is 0 Å². The number of aliphatic hydroxyl groups excluding tert-OH is 1. The Hall–Kier alpha value is -2.66. The smallest absolute Gasteiger partial charge is 0.253 e. The third kappa shape index (κ3) is 4.43. The third-order valence-electron chi connectivity index (χ3n) is 3.11. The zero-order chi connectivity index (χ0) is 15.8. The fourth-order valence-corrected chi connectivity index (χ4v) is 1.94. The molecule has 5 heteroatoms. The van der Waals surface area contributed by atoms with Crippen LogP contribution in [0.4, 0.5) is 0 Å². The lowest BCUT2D eigenvalue weighted by molar-refractivity contribution is -0.129. The van der Waals surface area contributed by atoms with E-state index in [1.165, 1.54) is 0 Å². The van der Waals surface area contributed by atoms with Crippen molar-refractivity contribution < 1.29 is 14.7 Å². The standard InChI is InChI=1S/C17H18N2O3/c20-15(13-7-3-1-4-8-13)17(22)19-12-11-18-16(21)14-9-5-2-6-10-14/h1-10,15,20H,11-12H2,(H,18,21)(H,19,22). The molecule has 2 amide bonds. The van der Waals surface area contributed by atoms with Crippen LogP contribution in [-0.4, -0.2) is 30.0 Å². The van der Waals surface area contributed by atoms with Crippen LogP contribution in [0.15, 0.2) is 60.7 Å². The van der Waals surface area contributed by atoms with Crippen molar-refractivity contribution >= 4 is 11.8 Å². The van der Waals surface area contributed by atoms with Gasteiger partial charge < -0.3 is 15.7 Å². The van der Waals surface area contributed by atoms with E-state index in [0.717, 1.165) is 0 Å². The second-order valence-corrected chi connectivity index (χ2v) is 4.73. The Bertz CT molecular complexity index is 614. The largest absolute Gasteiger partial charge is 0.378 e. The van der Waals surface area contributed by atoms with E-state index in [1.54, 1.807) is 48.5 Å². The molecule has 2 aromatic rings. The minimum atomic E-state index is -1.20. The van der Waals surface area contributed by atoms with E-state index < -0.39 is 12.0 Å². The molecule has 0 heterocycles. The number of carbonyl (C=O) groups is 2. The molecular formula is C17H18N2O3. The van der Waals surface area contributed by atoms with Gasteiger partial charge in [0.25, 0.3) is 11.8 Å². The summed E-state index contributed by atoms with van der Waals surface area (Å²) in [5.41, 5.74) is 1.10. The van der Waals surface area contributed by atoms with Gasteiger partial charge in [-0.05, 0) is 17.7 Å². The van der Waals surface area contributed by atoms with E-state index in [-0.39, 0.29) is 12.5 Å². The Morgan fingerprint density at radius 3 is 2.05 bits per heavy atom. The molecule has 0 aliphatic rings. The molecule has 0 saturated carbocycles. The van der Waals surface area contributed by atoms with Crippen LogP contribution in [-0.2, 0) is 4.79 Å². The minimum Gasteiger partial charge on any atom is -0.378 e. The van der Waals surface area contributed by atoms with Crippen LogP contribution in [0.5, 0.6) is 0 Å². The highest BCUT2D eigenvalue weighted by atomic mass is 16.3. The average Bonchev–Trinajstić information content (AvgIpc) is 2.59. The van der Waals surface area contributed by atoms with E-state index in [1.807, 2.05) is 12.1 Å². The predicted octanol–water partition coefficient (Wildman–Crippen LogP) is 1.27. The molecule has 0 aliphatic carbocycles. The van der Waals surface area contributed by atoms with Gasteiger partial charge in [-0.2, -0.15) is 0 Å². The highest BCUT2D eigenvalue weighted by Crippen LogP contribution is 2.11. The number of amides is 2. The zero-order valence-corrected chi connectivity index (χ0v) is 12.0. The Morgan fingerprint density at radius 1 is 0.864 bits per heavy atom. The van der Waals surface area contributed by atoms with Gasteiger partial charge in [-0.3, -0.25) is 9.59 Å². The number of benzene rings is 2. The summed E-state index contributed by atoms with van der Waals surface area (Å²) in [6.07, 6.45) is -1.20. The summed E-state index contributed by atoms with van der Waals surface area (Å²) in [5.74, 6) is -0.682. The molecule has 1 unspecified atom stereocenters. The number of rotatable bonds is 6. The van der Waals surface area contributed by atoms with Crippen LogP contribution in [0.25, 0.3) is 0 Å². The van der Waals surface area contributed by atoms with E-state index in [2.05, 4.69) is 10.6 Å². The lowest BCUT2D eigenvalue weighted by Crippen LogP contribution is -2.36. The van der Waals surface area contributed by atoms with Crippen molar-refractivity contribution in [1.82, 2.24) is 10.6 Å². The molecule has 0 bridgehead atoms. The van der Waals surface area contributed by atoms with Crippen molar-refractivity contribution in [2.45, 2.75) is 6.10 Å². The Balaban J connectivity index is 1.72. The molecule has 2 rings (SSSR count). The fourth-order valence-electron chi connectivity index (χ4n) is 1.94. The van der Waals surface area contributed by atoms with Crippen LogP contribution in [0.1, 0.15) is 22.0 Å². The van der Waals surface area contributed by atoms with Crippen molar-refractivity contribution in [3.8, 4) is 0 Å². The van der Waals surface area contributed by atoms with Crippen LogP contribution in [0, 0.1) is 0 Å². The van der Waals surface area contributed by atoms with Gasteiger partial charge in [0.2, 0.25) is 0 Å². The number of hydrogen-bond donors (Lipinski definition) is 3. The van der Waals surface area contributed by atoms with Crippen molar-refractivity contribution in [3.63, 3.8) is 0 Å². The maximum absolute atomic E-state index is 11.8. The quantitative estimate of drug-likeness (QED) is 0.703.